The summed E-state index contributed by atoms with van der Waals surface area (Å²) in [5.74, 6) is -3.79. The molecule has 4 heterocycles. The van der Waals surface area contributed by atoms with Crippen LogP contribution in [-0.4, -0.2) is 93.9 Å². The number of nitrogen functional groups attached to an aromatic ring is 1. The van der Waals surface area contributed by atoms with E-state index in [1.165, 1.54) is 47.9 Å². The Morgan fingerprint density at radius 3 is 2.72 bits per heavy atom. The summed E-state index contributed by atoms with van der Waals surface area (Å²) in [6.45, 7) is 2.47. The summed E-state index contributed by atoms with van der Waals surface area (Å²) in [5, 5.41) is 39.5. The van der Waals surface area contributed by atoms with Gasteiger partial charge in [0.25, 0.3) is 11.8 Å². The van der Waals surface area contributed by atoms with Crippen molar-refractivity contribution in [3.63, 3.8) is 0 Å². The van der Waals surface area contributed by atoms with Gasteiger partial charge in [-0.05, 0) is 31.4 Å². The van der Waals surface area contributed by atoms with Crippen LogP contribution in [0.1, 0.15) is 19.5 Å². The first-order chi connectivity index (χ1) is 18.4. The van der Waals surface area contributed by atoms with Gasteiger partial charge >= 0.3 is 11.9 Å². The SMILES string of the molecule is CC(C)(ON=C(C(=O)NC1C(=O)N2C(C(=O)O)=C(CSN3N=CC(O)=CN3)CS[C@H]12)c1csc(N)n1)C(=O)O. The molecule has 1 aromatic heterocycles. The minimum absolute atomic E-state index is 0.0127. The number of hydrazine groups is 1. The zero-order chi connectivity index (χ0) is 28.5. The molecule has 19 heteroatoms. The molecular weight excluding hydrogens is 576 g/mol. The van der Waals surface area contributed by atoms with Crippen LogP contribution in [-0.2, 0) is 24.0 Å². The van der Waals surface area contributed by atoms with Gasteiger partial charge < -0.3 is 31.2 Å². The number of aliphatic hydroxyl groups excluding tert-OH is 1. The molecule has 3 aliphatic rings. The molecule has 7 N–H and O–H groups in total. The highest BCUT2D eigenvalue weighted by atomic mass is 32.2. The molecule has 3 aliphatic heterocycles. The van der Waals surface area contributed by atoms with Crippen molar-refractivity contribution < 1.29 is 39.3 Å². The van der Waals surface area contributed by atoms with Crippen molar-refractivity contribution in [1.29, 1.82) is 0 Å². The lowest BCUT2D eigenvalue weighted by Gasteiger charge is -2.49. The van der Waals surface area contributed by atoms with Gasteiger partial charge in [-0.25, -0.2) is 14.6 Å². The maximum absolute atomic E-state index is 13.1. The lowest BCUT2D eigenvalue weighted by molar-refractivity contribution is -0.161. The van der Waals surface area contributed by atoms with E-state index >= 15 is 0 Å². The summed E-state index contributed by atoms with van der Waals surface area (Å²) in [7, 11) is 0. The Morgan fingerprint density at radius 2 is 2.13 bits per heavy atom. The third-order valence-electron chi connectivity index (χ3n) is 5.38. The van der Waals surface area contributed by atoms with Gasteiger partial charge in [0.05, 0.1) is 12.4 Å². The number of aromatic nitrogens is 1. The number of aliphatic hydroxyl groups is 1. The van der Waals surface area contributed by atoms with Crippen molar-refractivity contribution in [3.05, 3.63) is 34.3 Å². The maximum atomic E-state index is 13.1. The fraction of sp³-hybridized carbons (Fsp3) is 0.350. The number of hydrogen-bond donors (Lipinski definition) is 6. The van der Waals surface area contributed by atoms with Gasteiger partial charge in [-0.3, -0.25) is 19.9 Å². The largest absolute Gasteiger partial charge is 0.505 e. The average Bonchev–Trinajstić information content (AvgIpc) is 3.31. The van der Waals surface area contributed by atoms with Crippen molar-refractivity contribution in [1.82, 2.24) is 25.1 Å². The second kappa shape index (κ2) is 11.0. The number of rotatable bonds is 10. The molecule has 39 heavy (non-hydrogen) atoms. The van der Waals surface area contributed by atoms with E-state index in [0.29, 0.717) is 5.57 Å². The van der Waals surface area contributed by atoms with E-state index in [1.54, 1.807) is 0 Å². The molecule has 16 nitrogen and oxygen atoms in total. The summed E-state index contributed by atoms with van der Waals surface area (Å²) < 4.78 is 1.32. The first kappa shape index (κ1) is 28.0. The third-order valence-corrected chi connectivity index (χ3v) is 8.31. The zero-order valence-corrected chi connectivity index (χ0v) is 22.7. The number of oxime groups is 1. The number of amides is 2. The number of thioether (sulfide) groups is 1. The van der Waals surface area contributed by atoms with E-state index in [1.807, 2.05) is 0 Å². The van der Waals surface area contributed by atoms with Gasteiger partial charge in [-0.1, -0.05) is 5.16 Å². The van der Waals surface area contributed by atoms with Crippen LogP contribution in [0.15, 0.2) is 38.9 Å². The molecular formula is C20H22N8O8S3. The van der Waals surface area contributed by atoms with Crippen molar-refractivity contribution >= 4 is 75.9 Å². The lowest BCUT2D eigenvalue weighted by atomic mass is 10.0. The molecule has 2 amide bonds. The normalized spacial score (nSPS) is 21.0. The van der Waals surface area contributed by atoms with Crippen LogP contribution in [0.2, 0.25) is 0 Å². The molecule has 1 fully saturated rings. The van der Waals surface area contributed by atoms with Crippen molar-refractivity contribution in [2.45, 2.75) is 30.9 Å². The average molecular weight is 599 g/mol. The fourth-order valence-corrected chi connectivity index (χ4v) is 6.10. The number of nitrogens with one attached hydrogen (secondary N) is 2. The van der Waals surface area contributed by atoms with E-state index in [2.05, 4.69) is 26.0 Å². The van der Waals surface area contributed by atoms with Crippen LogP contribution in [0.5, 0.6) is 0 Å². The van der Waals surface area contributed by atoms with Crippen LogP contribution in [0.3, 0.4) is 0 Å². The highest BCUT2D eigenvalue weighted by Gasteiger charge is 2.54. The third kappa shape index (κ3) is 5.88. The number of nitrogens with two attached hydrogens (primary N) is 1. The molecule has 4 rings (SSSR count). The predicted molar refractivity (Wildman–Crippen MR) is 142 cm³/mol. The Hall–Kier alpha value is -3.97. The standard InChI is InChI=1S/C20H22N8O8S3/c1-20(2,18(34)35)36-26-11(10-7-38-19(21)24-10)14(30)25-12-15(31)27-13(17(32)33)8(5-37-16(12)27)6-39-28-22-3-9(29)4-23-28/h3-4,7,12,16,22,29H,5-6H2,1-2H3,(H2,21,24)(H,25,30)(H,32,33)(H,34,35)/t12?,16-/m1/s1. The van der Waals surface area contributed by atoms with Gasteiger partial charge in [0.1, 0.15) is 22.8 Å². The molecule has 1 saturated heterocycles. The van der Waals surface area contributed by atoms with Crippen molar-refractivity contribution in [2.75, 3.05) is 17.2 Å². The number of hydrogen-bond acceptors (Lipinski definition) is 15. The lowest BCUT2D eigenvalue weighted by Crippen LogP contribution is -2.71. The summed E-state index contributed by atoms with van der Waals surface area (Å²) in [6, 6.07) is -1.08. The second-order valence-corrected chi connectivity index (χ2v) is 11.4. The number of carboxylic acid groups (broad SMARTS) is 2. The molecule has 1 aromatic rings. The monoisotopic (exact) mass is 598 g/mol. The number of thiazole rings is 1. The number of nitrogens with zero attached hydrogens (tertiary/aromatic N) is 5. The first-order valence-electron chi connectivity index (χ1n) is 10.9. The maximum Gasteiger partial charge on any atom is 0.352 e. The quantitative estimate of drug-likeness (QED) is 0.0894. The number of carboxylic acids is 2. The Morgan fingerprint density at radius 1 is 1.38 bits per heavy atom. The molecule has 208 valence electrons. The van der Waals surface area contributed by atoms with Gasteiger partial charge in [0.15, 0.2) is 16.6 Å². The van der Waals surface area contributed by atoms with E-state index < -0.39 is 46.5 Å². The minimum atomic E-state index is -1.77. The topological polar surface area (TPSA) is 232 Å². The van der Waals surface area contributed by atoms with Crippen LogP contribution >= 0.6 is 35.0 Å². The number of aliphatic carboxylic acids is 2. The first-order valence-corrected chi connectivity index (χ1v) is 13.8. The summed E-state index contributed by atoms with van der Waals surface area (Å²) >= 11 is 3.39. The fourth-order valence-electron chi connectivity index (χ4n) is 3.32. The molecule has 0 bridgehead atoms. The van der Waals surface area contributed by atoms with Crippen LogP contribution in [0.25, 0.3) is 0 Å². The summed E-state index contributed by atoms with van der Waals surface area (Å²) in [4.78, 5) is 59.8. The van der Waals surface area contributed by atoms with Gasteiger partial charge in [-0.15, -0.1) is 27.6 Å². The Bertz CT molecular complexity index is 1340. The summed E-state index contributed by atoms with van der Waals surface area (Å²) in [6.07, 6.45) is 2.51. The van der Waals surface area contributed by atoms with Crippen molar-refractivity contribution in [3.8, 4) is 0 Å². The number of allylic oxidation sites excluding steroid dienone is 1. The summed E-state index contributed by atoms with van der Waals surface area (Å²) in [5.41, 5.74) is 6.48. The Balaban J connectivity index is 1.49. The van der Waals surface area contributed by atoms with E-state index in [9.17, 15) is 34.5 Å². The smallest absolute Gasteiger partial charge is 0.352 e. The Labute approximate surface area is 232 Å². The van der Waals surface area contributed by atoms with Crippen LogP contribution in [0, 0.1) is 0 Å². The highest BCUT2D eigenvalue weighted by molar-refractivity contribution is 8.00. The number of fused-ring (bicyclic) bond motifs is 1. The number of β-lactam (4-membered cyclic amide) rings is 1. The second-order valence-electron chi connectivity index (χ2n) is 8.53. The molecule has 0 aliphatic carbocycles. The molecule has 0 aromatic carbocycles. The molecule has 0 saturated carbocycles. The Kier molecular flexibility index (Phi) is 7.93. The molecule has 2 atom stereocenters. The molecule has 0 spiro atoms. The molecule has 1 unspecified atom stereocenters. The van der Waals surface area contributed by atoms with Gasteiger partial charge in [0.2, 0.25) is 5.60 Å². The van der Waals surface area contributed by atoms with E-state index in [0.717, 1.165) is 28.2 Å². The van der Waals surface area contributed by atoms with Crippen LogP contribution in [0.4, 0.5) is 5.13 Å². The highest BCUT2D eigenvalue weighted by Crippen LogP contribution is 2.41. The van der Waals surface area contributed by atoms with Crippen LogP contribution < -0.4 is 16.5 Å². The number of anilines is 1. The van der Waals surface area contributed by atoms with E-state index in [-0.39, 0.29) is 33.8 Å². The van der Waals surface area contributed by atoms with E-state index in [4.69, 9.17) is 10.6 Å². The number of hydrazone groups is 1. The zero-order valence-electron chi connectivity index (χ0n) is 20.2. The van der Waals surface area contributed by atoms with Gasteiger partial charge in [-0.2, -0.15) is 5.10 Å². The minimum Gasteiger partial charge on any atom is -0.505 e. The van der Waals surface area contributed by atoms with Crippen molar-refractivity contribution in [2.24, 2.45) is 10.3 Å². The predicted octanol–water partition coefficient (Wildman–Crippen LogP) is -0.0986. The van der Waals surface area contributed by atoms with Gasteiger partial charge in [0, 0.05) is 16.9 Å². The molecule has 0 radical (unpaired) electrons. The number of carbonyl (C=O) groups is 4. The number of carbonyl (C=O) groups excluding carboxylic acids is 2.